The van der Waals surface area contributed by atoms with Gasteiger partial charge in [-0.15, -0.1) is 10.2 Å². The van der Waals surface area contributed by atoms with Gasteiger partial charge in [0.05, 0.1) is 0 Å². The Hall–Kier alpha value is -2.44. The largest absolute Gasteiger partial charge is 0.477 e. The Morgan fingerprint density at radius 1 is 1.42 bits per heavy atom. The smallest absolute Gasteiger partial charge is 0.341 e. The van der Waals surface area contributed by atoms with E-state index >= 15 is 0 Å². The van der Waals surface area contributed by atoms with Gasteiger partial charge in [0.25, 0.3) is 0 Å². The first-order valence-corrected chi connectivity index (χ1v) is 5.77. The average molecular weight is 263 g/mol. The maximum Gasteiger partial charge on any atom is 0.341 e. The van der Waals surface area contributed by atoms with E-state index in [1.807, 2.05) is 6.92 Å². The second-order valence-electron chi connectivity index (χ2n) is 4.07. The molecular weight excluding hydrogens is 250 g/mol. The number of carboxylic acid groups (broad SMARTS) is 1. The normalized spacial score (nSPS) is 10.6. The fourth-order valence-corrected chi connectivity index (χ4v) is 1.64. The number of carboxylic acids is 1. The minimum atomic E-state index is -1.25. The maximum absolute atomic E-state index is 11.5. The van der Waals surface area contributed by atoms with Crippen LogP contribution < -0.4 is 5.43 Å². The predicted octanol–water partition coefficient (Wildman–Crippen LogP) is 0.849. The number of rotatable bonds is 4. The van der Waals surface area contributed by atoms with Gasteiger partial charge in [-0.2, -0.15) is 0 Å². The minimum absolute atomic E-state index is 0.236. The lowest BCUT2D eigenvalue weighted by molar-refractivity contribution is 0.0694. The number of carbonyl (C=O) groups is 1. The summed E-state index contributed by atoms with van der Waals surface area (Å²) in [5.41, 5.74) is -0.159. The highest BCUT2D eigenvalue weighted by Gasteiger charge is 2.12. The van der Waals surface area contributed by atoms with Crippen molar-refractivity contribution >= 4 is 5.97 Å². The average Bonchev–Trinajstić information content (AvgIpc) is 2.80. The highest BCUT2D eigenvalue weighted by molar-refractivity contribution is 5.87. The summed E-state index contributed by atoms with van der Waals surface area (Å²) in [5.74, 6) is -0.356. The van der Waals surface area contributed by atoms with Crippen LogP contribution in [0.1, 0.15) is 34.8 Å². The van der Waals surface area contributed by atoms with Crippen LogP contribution in [0.4, 0.5) is 0 Å². The molecule has 19 heavy (non-hydrogen) atoms. The van der Waals surface area contributed by atoms with Crippen LogP contribution in [-0.2, 0) is 13.0 Å². The third-order valence-electron chi connectivity index (χ3n) is 2.69. The molecule has 1 N–H and O–H groups in total. The van der Waals surface area contributed by atoms with Crippen LogP contribution in [0.15, 0.2) is 21.5 Å². The van der Waals surface area contributed by atoms with Crippen LogP contribution in [0.2, 0.25) is 0 Å². The van der Waals surface area contributed by atoms with Gasteiger partial charge in [-0.05, 0) is 6.92 Å². The standard InChI is InChI=1S/C12H13N3O4/c1-3-10-13-14-11(19-10)6-15-5-8(12(17)18)9(16)4-7(15)2/h4-5H,3,6H2,1-2H3,(H,17,18). The van der Waals surface area contributed by atoms with Gasteiger partial charge >= 0.3 is 5.97 Å². The molecule has 0 atom stereocenters. The lowest BCUT2D eigenvalue weighted by atomic mass is 10.2. The molecular formula is C12H13N3O4. The van der Waals surface area contributed by atoms with Gasteiger partial charge in [-0.25, -0.2) is 4.79 Å². The molecule has 0 radical (unpaired) electrons. The zero-order valence-corrected chi connectivity index (χ0v) is 10.6. The van der Waals surface area contributed by atoms with Crippen molar-refractivity contribution in [2.75, 3.05) is 0 Å². The molecule has 0 saturated heterocycles. The van der Waals surface area contributed by atoms with Gasteiger partial charge in [-0.3, -0.25) is 4.79 Å². The molecule has 7 heteroatoms. The predicted molar refractivity (Wildman–Crippen MR) is 65.2 cm³/mol. The van der Waals surface area contributed by atoms with Crippen molar-refractivity contribution in [3.63, 3.8) is 0 Å². The lowest BCUT2D eigenvalue weighted by Gasteiger charge is -2.08. The van der Waals surface area contributed by atoms with E-state index in [9.17, 15) is 9.59 Å². The van der Waals surface area contributed by atoms with Crippen molar-refractivity contribution in [2.24, 2.45) is 0 Å². The number of hydrogen-bond acceptors (Lipinski definition) is 5. The van der Waals surface area contributed by atoms with Crippen molar-refractivity contribution < 1.29 is 14.3 Å². The number of aromatic carboxylic acids is 1. The maximum atomic E-state index is 11.5. The molecule has 2 aromatic rings. The highest BCUT2D eigenvalue weighted by atomic mass is 16.4. The Bertz CT molecular complexity index is 672. The van der Waals surface area contributed by atoms with E-state index in [0.717, 1.165) is 0 Å². The zero-order valence-electron chi connectivity index (χ0n) is 10.6. The summed E-state index contributed by atoms with van der Waals surface area (Å²) >= 11 is 0. The highest BCUT2D eigenvalue weighted by Crippen LogP contribution is 2.06. The summed E-state index contributed by atoms with van der Waals surface area (Å²) < 4.78 is 6.95. The Kier molecular flexibility index (Phi) is 3.46. The van der Waals surface area contributed by atoms with E-state index in [0.29, 0.717) is 23.9 Å². The molecule has 0 fully saturated rings. The second kappa shape index (κ2) is 5.05. The SMILES string of the molecule is CCc1nnc(Cn2cc(C(=O)O)c(=O)cc2C)o1. The van der Waals surface area contributed by atoms with Crippen LogP contribution in [0.3, 0.4) is 0 Å². The van der Waals surface area contributed by atoms with Crippen molar-refractivity contribution in [1.82, 2.24) is 14.8 Å². The summed E-state index contributed by atoms with van der Waals surface area (Å²) in [6.45, 7) is 3.84. The van der Waals surface area contributed by atoms with Crippen LogP contribution in [0.5, 0.6) is 0 Å². The third kappa shape index (κ3) is 2.70. The first-order valence-electron chi connectivity index (χ1n) is 5.77. The molecule has 2 heterocycles. The summed E-state index contributed by atoms with van der Waals surface area (Å²) in [4.78, 5) is 22.4. The quantitative estimate of drug-likeness (QED) is 0.878. The molecule has 0 bridgehead atoms. The van der Waals surface area contributed by atoms with Gasteiger partial charge in [0.2, 0.25) is 11.8 Å². The van der Waals surface area contributed by atoms with Crippen molar-refractivity contribution in [2.45, 2.75) is 26.8 Å². The second-order valence-corrected chi connectivity index (χ2v) is 4.07. The van der Waals surface area contributed by atoms with Gasteiger partial charge in [0.15, 0.2) is 5.43 Å². The number of pyridine rings is 1. The van der Waals surface area contributed by atoms with Crippen LogP contribution in [-0.4, -0.2) is 25.8 Å². The van der Waals surface area contributed by atoms with Crippen LogP contribution >= 0.6 is 0 Å². The molecule has 0 aliphatic rings. The molecule has 0 aliphatic heterocycles. The van der Waals surface area contributed by atoms with Gasteiger partial charge in [-0.1, -0.05) is 6.92 Å². The zero-order chi connectivity index (χ0) is 14.0. The molecule has 0 saturated carbocycles. The fraction of sp³-hybridized carbons (Fsp3) is 0.333. The van der Waals surface area contributed by atoms with Gasteiger partial charge in [0.1, 0.15) is 12.1 Å². The van der Waals surface area contributed by atoms with E-state index in [2.05, 4.69) is 10.2 Å². The summed E-state index contributed by atoms with van der Waals surface area (Å²) in [5, 5.41) is 16.6. The molecule has 0 aromatic carbocycles. The Balaban J connectivity index is 2.36. The Labute approximate surface area is 108 Å². The minimum Gasteiger partial charge on any atom is -0.477 e. The first kappa shape index (κ1) is 13.0. The molecule has 100 valence electrons. The Morgan fingerprint density at radius 3 is 2.68 bits per heavy atom. The Morgan fingerprint density at radius 2 is 2.11 bits per heavy atom. The number of aryl methyl sites for hydroxylation is 2. The molecule has 0 unspecified atom stereocenters. The number of hydrogen-bond donors (Lipinski definition) is 1. The topological polar surface area (TPSA) is 98.2 Å². The van der Waals surface area contributed by atoms with E-state index < -0.39 is 11.4 Å². The monoisotopic (exact) mass is 263 g/mol. The van der Waals surface area contributed by atoms with Gasteiger partial charge < -0.3 is 14.1 Å². The summed E-state index contributed by atoms with van der Waals surface area (Å²) in [6, 6.07) is 1.28. The van der Waals surface area contributed by atoms with Crippen LogP contribution in [0.25, 0.3) is 0 Å². The van der Waals surface area contributed by atoms with Crippen molar-refractivity contribution in [1.29, 1.82) is 0 Å². The molecule has 2 aromatic heterocycles. The van der Waals surface area contributed by atoms with E-state index in [-0.39, 0.29) is 12.1 Å². The lowest BCUT2D eigenvalue weighted by Crippen LogP contribution is -2.19. The summed E-state index contributed by atoms with van der Waals surface area (Å²) in [6.07, 6.45) is 1.92. The molecule has 0 spiro atoms. The van der Waals surface area contributed by atoms with Crippen LogP contribution in [0, 0.1) is 6.92 Å². The number of aromatic nitrogens is 3. The van der Waals surface area contributed by atoms with Gasteiger partial charge in [0, 0.05) is 24.4 Å². The molecule has 2 rings (SSSR count). The number of nitrogens with zero attached hydrogens (tertiary/aromatic N) is 3. The van der Waals surface area contributed by atoms with E-state index in [1.165, 1.54) is 12.3 Å². The fourth-order valence-electron chi connectivity index (χ4n) is 1.64. The van der Waals surface area contributed by atoms with Crippen molar-refractivity contribution in [3.8, 4) is 0 Å². The molecule has 0 aliphatic carbocycles. The van der Waals surface area contributed by atoms with Crippen molar-refractivity contribution in [3.05, 3.63) is 45.5 Å². The third-order valence-corrected chi connectivity index (χ3v) is 2.69. The van der Waals surface area contributed by atoms with E-state index in [1.54, 1.807) is 11.5 Å². The molecule has 7 nitrogen and oxygen atoms in total. The molecule has 0 amide bonds. The van der Waals surface area contributed by atoms with E-state index in [4.69, 9.17) is 9.52 Å². The summed E-state index contributed by atoms with van der Waals surface area (Å²) in [7, 11) is 0. The first-order chi connectivity index (χ1) is 9.01.